The number of ether oxygens (including phenoxy) is 1. The maximum absolute atomic E-state index is 12.8. The summed E-state index contributed by atoms with van der Waals surface area (Å²) < 4.78 is 5.99. The van der Waals surface area contributed by atoms with Gasteiger partial charge in [0.15, 0.2) is 0 Å². The first-order chi connectivity index (χ1) is 15.4. The molecule has 4 unspecified atom stereocenters. The highest BCUT2D eigenvalue weighted by Gasteiger charge is 2.71. The second-order valence-electron chi connectivity index (χ2n) is 13.1. The number of rotatable bonds is 3. The van der Waals surface area contributed by atoms with Crippen molar-refractivity contribution in [2.75, 3.05) is 0 Å². The van der Waals surface area contributed by atoms with Crippen LogP contribution in [0.5, 0.6) is 0 Å². The lowest BCUT2D eigenvalue weighted by Crippen LogP contribution is -2.65. The fraction of sp³-hybridized carbons (Fsp3) is 0.828. The van der Waals surface area contributed by atoms with Gasteiger partial charge in [-0.3, -0.25) is 0 Å². The van der Waals surface area contributed by atoms with Crippen LogP contribution in [-0.4, -0.2) is 34.5 Å². The van der Waals surface area contributed by atoms with Gasteiger partial charge >= 0.3 is 5.97 Å². The van der Waals surface area contributed by atoms with Gasteiger partial charge in [0.05, 0.1) is 12.2 Å². The van der Waals surface area contributed by atoms with E-state index in [9.17, 15) is 15.0 Å². The second kappa shape index (κ2) is 7.68. The standard InChI is InChI=1S/C29H44O4/c1-16(2)8-7-9-18-24-20-14-22(31)25-27(4)12-11-21(30)17(3)19(27)10-13-28(25,5)29(20,6)15-23(24)33-26(18)32/h8,17,19-23,25,30-31H,7,9-15H2,1-6H3/t17-,19?,20?,21+,22+,23-,25?,27-,28-,29?/m0/s1. The molecule has 184 valence electrons. The number of hydrogen-bond donors (Lipinski definition) is 2. The van der Waals surface area contributed by atoms with E-state index in [2.05, 4.69) is 47.6 Å². The quantitative estimate of drug-likeness (QED) is 0.430. The van der Waals surface area contributed by atoms with Gasteiger partial charge in [0.25, 0.3) is 0 Å². The highest BCUT2D eigenvalue weighted by atomic mass is 16.5. The molecule has 1 aliphatic heterocycles. The first-order valence-electron chi connectivity index (χ1n) is 13.4. The lowest BCUT2D eigenvalue weighted by molar-refractivity contribution is -0.234. The number of aliphatic hydroxyl groups excluding tert-OH is 2. The number of allylic oxidation sites excluding steroid dienone is 2. The van der Waals surface area contributed by atoms with Crippen LogP contribution in [0.1, 0.15) is 92.9 Å². The molecule has 0 aromatic rings. The van der Waals surface area contributed by atoms with Crippen molar-refractivity contribution in [3.8, 4) is 0 Å². The fourth-order valence-corrected chi connectivity index (χ4v) is 9.78. The van der Waals surface area contributed by atoms with Crippen LogP contribution in [0.3, 0.4) is 0 Å². The average Bonchev–Trinajstić information content (AvgIpc) is 3.17. The van der Waals surface area contributed by atoms with Crippen molar-refractivity contribution < 1.29 is 19.7 Å². The van der Waals surface area contributed by atoms with Crippen molar-refractivity contribution in [3.05, 3.63) is 22.8 Å². The van der Waals surface area contributed by atoms with E-state index in [1.807, 2.05) is 0 Å². The third kappa shape index (κ3) is 3.12. The molecule has 0 aromatic carbocycles. The zero-order chi connectivity index (χ0) is 23.9. The third-order valence-corrected chi connectivity index (χ3v) is 11.5. The highest BCUT2D eigenvalue weighted by molar-refractivity contribution is 5.92. The van der Waals surface area contributed by atoms with E-state index in [1.165, 1.54) is 11.1 Å². The summed E-state index contributed by atoms with van der Waals surface area (Å²) in [5, 5.41) is 22.4. The molecule has 4 saturated carbocycles. The molecule has 2 N–H and O–H groups in total. The maximum Gasteiger partial charge on any atom is 0.334 e. The fourth-order valence-electron chi connectivity index (χ4n) is 9.78. The molecule has 1 heterocycles. The molecule has 4 aliphatic carbocycles. The van der Waals surface area contributed by atoms with Crippen LogP contribution in [0.4, 0.5) is 0 Å². The largest absolute Gasteiger partial charge is 0.454 e. The number of hydrogen-bond acceptors (Lipinski definition) is 4. The van der Waals surface area contributed by atoms with Gasteiger partial charge in [-0.2, -0.15) is 0 Å². The van der Waals surface area contributed by atoms with Crippen molar-refractivity contribution in [2.45, 2.75) is 111 Å². The molecule has 5 aliphatic rings. The molecular formula is C29H44O4. The summed E-state index contributed by atoms with van der Waals surface area (Å²) in [5.74, 6) is 1.08. The molecule has 10 atom stereocenters. The van der Waals surface area contributed by atoms with E-state index in [4.69, 9.17) is 4.74 Å². The van der Waals surface area contributed by atoms with Crippen molar-refractivity contribution in [2.24, 2.45) is 39.9 Å². The number of esters is 1. The van der Waals surface area contributed by atoms with Crippen molar-refractivity contribution in [3.63, 3.8) is 0 Å². The van der Waals surface area contributed by atoms with Crippen LogP contribution in [0, 0.1) is 39.9 Å². The van der Waals surface area contributed by atoms with Gasteiger partial charge in [0.2, 0.25) is 0 Å². The Morgan fingerprint density at radius 2 is 1.82 bits per heavy atom. The Morgan fingerprint density at radius 3 is 2.52 bits per heavy atom. The lowest BCUT2D eigenvalue weighted by atomic mass is 9.36. The molecule has 4 nitrogen and oxygen atoms in total. The van der Waals surface area contributed by atoms with Crippen LogP contribution >= 0.6 is 0 Å². The number of aliphatic hydroxyl groups is 2. The van der Waals surface area contributed by atoms with Gasteiger partial charge in [-0.05, 0) is 111 Å². The first kappa shape index (κ1) is 23.6. The molecule has 0 radical (unpaired) electrons. The van der Waals surface area contributed by atoms with E-state index in [1.54, 1.807) is 0 Å². The van der Waals surface area contributed by atoms with Crippen molar-refractivity contribution >= 4 is 5.97 Å². The summed E-state index contributed by atoms with van der Waals surface area (Å²) in [4.78, 5) is 12.8. The van der Waals surface area contributed by atoms with Crippen LogP contribution in [0.15, 0.2) is 22.8 Å². The monoisotopic (exact) mass is 456 g/mol. The Bertz CT molecular complexity index is 899. The Hall–Kier alpha value is -1.13. The van der Waals surface area contributed by atoms with E-state index in [0.717, 1.165) is 56.9 Å². The third-order valence-electron chi connectivity index (χ3n) is 11.5. The van der Waals surface area contributed by atoms with Gasteiger partial charge < -0.3 is 14.9 Å². The molecule has 0 spiro atoms. The minimum Gasteiger partial charge on any atom is -0.454 e. The number of carbonyl (C=O) groups excluding carboxylic acids is 1. The topological polar surface area (TPSA) is 66.8 Å². The molecule has 33 heavy (non-hydrogen) atoms. The summed E-state index contributed by atoms with van der Waals surface area (Å²) in [6.07, 6.45) is 8.80. The minimum atomic E-state index is -0.371. The minimum absolute atomic E-state index is 0.00262. The maximum atomic E-state index is 12.8. The van der Waals surface area contributed by atoms with Crippen LogP contribution in [0.25, 0.3) is 0 Å². The highest BCUT2D eigenvalue weighted by Crippen LogP contribution is 2.74. The van der Waals surface area contributed by atoms with Crippen LogP contribution in [0.2, 0.25) is 0 Å². The number of fused-ring (bicyclic) bond motifs is 7. The Labute approximate surface area is 199 Å². The van der Waals surface area contributed by atoms with Crippen LogP contribution in [-0.2, 0) is 9.53 Å². The van der Waals surface area contributed by atoms with E-state index in [-0.39, 0.29) is 52.4 Å². The second-order valence-corrected chi connectivity index (χ2v) is 13.1. The SMILES string of the molecule is CC(C)=CCCC1=C2C3C[C@@H](O)C4[C@@]5(C)CC[C@@H](O)[C@@H](C)C5CC[C@]4(C)C3(C)C[C@@H]2OC1=O. The smallest absolute Gasteiger partial charge is 0.334 e. The molecule has 0 amide bonds. The van der Waals surface area contributed by atoms with Gasteiger partial charge in [0.1, 0.15) is 6.10 Å². The van der Waals surface area contributed by atoms with E-state index >= 15 is 0 Å². The Kier molecular flexibility index (Phi) is 5.50. The summed E-state index contributed by atoms with van der Waals surface area (Å²) in [6.45, 7) is 13.7. The van der Waals surface area contributed by atoms with E-state index in [0.29, 0.717) is 11.8 Å². The normalized spacial score (nSPS) is 50.8. The lowest BCUT2D eigenvalue weighted by Gasteiger charge is -2.69. The molecule has 4 fully saturated rings. The summed E-state index contributed by atoms with van der Waals surface area (Å²) in [6, 6.07) is 0. The zero-order valence-corrected chi connectivity index (χ0v) is 21.5. The molecular weight excluding hydrogens is 412 g/mol. The Morgan fingerprint density at radius 1 is 1.09 bits per heavy atom. The summed E-state index contributed by atoms with van der Waals surface area (Å²) >= 11 is 0. The predicted octanol–water partition coefficient (Wildman–Crippen LogP) is 5.58. The van der Waals surface area contributed by atoms with Crippen molar-refractivity contribution in [1.82, 2.24) is 0 Å². The summed E-state index contributed by atoms with van der Waals surface area (Å²) in [7, 11) is 0. The number of carbonyl (C=O) groups is 1. The van der Waals surface area contributed by atoms with Gasteiger partial charge in [0, 0.05) is 5.57 Å². The predicted molar refractivity (Wildman–Crippen MR) is 129 cm³/mol. The van der Waals surface area contributed by atoms with E-state index < -0.39 is 0 Å². The molecule has 0 aromatic heterocycles. The van der Waals surface area contributed by atoms with Crippen molar-refractivity contribution in [1.29, 1.82) is 0 Å². The van der Waals surface area contributed by atoms with Gasteiger partial charge in [-0.15, -0.1) is 0 Å². The molecule has 5 rings (SSSR count). The first-order valence-corrected chi connectivity index (χ1v) is 13.4. The molecule has 4 heteroatoms. The average molecular weight is 457 g/mol. The van der Waals surface area contributed by atoms with Gasteiger partial charge in [-0.1, -0.05) is 39.3 Å². The van der Waals surface area contributed by atoms with Crippen LogP contribution < -0.4 is 0 Å². The summed E-state index contributed by atoms with van der Waals surface area (Å²) in [5.41, 5.74) is 3.47. The Balaban J connectivity index is 1.53. The zero-order valence-electron chi connectivity index (χ0n) is 21.5. The molecule has 0 bridgehead atoms. The molecule has 0 saturated heterocycles. The van der Waals surface area contributed by atoms with Gasteiger partial charge in [-0.25, -0.2) is 4.79 Å².